The molecule has 0 saturated carbocycles. The zero-order chi connectivity index (χ0) is 15.5. The van der Waals surface area contributed by atoms with E-state index in [0.29, 0.717) is 12.3 Å². The Morgan fingerprint density at radius 3 is 2.77 bits per heavy atom. The van der Waals surface area contributed by atoms with Gasteiger partial charge in [0, 0.05) is 5.69 Å². The number of fused-ring (bicyclic) bond motifs is 1. The molecule has 1 amide bonds. The van der Waals surface area contributed by atoms with Gasteiger partial charge in [-0.1, -0.05) is 12.2 Å². The number of ether oxygens (including phenoxy) is 2. The number of benzene rings is 1. The number of carbonyl (C=O) groups excluding carboxylic acids is 1. The summed E-state index contributed by atoms with van der Waals surface area (Å²) in [6, 6.07) is 7.13. The molecule has 2 saturated heterocycles. The van der Waals surface area contributed by atoms with E-state index < -0.39 is 29.5 Å². The summed E-state index contributed by atoms with van der Waals surface area (Å²) in [6.07, 6.45) is 3.12. The first-order valence-electron chi connectivity index (χ1n) is 7.11. The van der Waals surface area contributed by atoms with Crippen LogP contribution < -0.4 is 9.64 Å². The number of aliphatic carboxylic acids is 1. The molecule has 4 atom stereocenters. The molecule has 1 aromatic carbocycles. The van der Waals surface area contributed by atoms with E-state index in [1.807, 2.05) is 6.08 Å². The van der Waals surface area contributed by atoms with Crippen molar-refractivity contribution >= 4 is 17.6 Å². The average Bonchev–Trinajstić information content (AvgIpc) is 3.15. The third-order valence-electron chi connectivity index (χ3n) is 4.77. The van der Waals surface area contributed by atoms with Crippen LogP contribution in [0.1, 0.15) is 0 Å². The fourth-order valence-corrected chi connectivity index (χ4v) is 3.76. The Bertz CT molecular complexity index is 682. The number of hydrogen-bond donors (Lipinski definition) is 1. The van der Waals surface area contributed by atoms with E-state index in [1.54, 1.807) is 42.4 Å². The molecule has 4 rings (SSSR count). The second-order valence-electron chi connectivity index (χ2n) is 5.86. The maximum Gasteiger partial charge on any atom is 0.310 e. The molecule has 1 N–H and O–H groups in total. The zero-order valence-corrected chi connectivity index (χ0v) is 11.9. The van der Waals surface area contributed by atoms with Crippen molar-refractivity contribution in [1.82, 2.24) is 0 Å². The third-order valence-corrected chi connectivity index (χ3v) is 4.77. The van der Waals surface area contributed by atoms with Crippen LogP contribution in [0.3, 0.4) is 0 Å². The van der Waals surface area contributed by atoms with Gasteiger partial charge < -0.3 is 19.5 Å². The van der Waals surface area contributed by atoms with Gasteiger partial charge in [0.05, 0.1) is 25.7 Å². The molecule has 0 radical (unpaired) electrons. The van der Waals surface area contributed by atoms with Gasteiger partial charge in [0.1, 0.15) is 17.3 Å². The van der Waals surface area contributed by atoms with Crippen LogP contribution >= 0.6 is 0 Å². The number of anilines is 1. The first-order valence-corrected chi connectivity index (χ1v) is 7.11. The third kappa shape index (κ3) is 1.58. The molecule has 2 bridgehead atoms. The van der Waals surface area contributed by atoms with E-state index in [9.17, 15) is 14.7 Å². The van der Waals surface area contributed by atoms with Gasteiger partial charge >= 0.3 is 5.97 Å². The Morgan fingerprint density at radius 2 is 2.14 bits per heavy atom. The molecule has 22 heavy (non-hydrogen) atoms. The quantitative estimate of drug-likeness (QED) is 0.845. The smallest absolute Gasteiger partial charge is 0.310 e. The van der Waals surface area contributed by atoms with Gasteiger partial charge in [0.15, 0.2) is 0 Å². The molecule has 2 fully saturated rings. The number of amides is 1. The van der Waals surface area contributed by atoms with Crippen LogP contribution in [-0.4, -0.2) is 42.3 Å². The largest absolute Gasteiger partial charge is 0.497 e. The van der Waals surface area contributed by atoms with Gasteiger partial charge in [-0.05, 0) is 24.3 Å². The van der Waals surface area contributed by atoms with Crippen molar-refractivity contribution in [3.05, 3.63) is 36.4 Å². The molecule has 3 heterocycles. The van der Waals surface area contributed by atoms with Gasteiger partial charge in [-0.2, -0.15) is 0 Å². The number of hydrogen-bond acceptors (Lipinski definition) is 4. The lowest BCUT2D eigenvalue weighted by Crippen LogP contribution is -2.39. The Balaban J connectivity index is 1.70. The van der Waals surface area contributed by atoms with E-state index in [4.69, 9.17) is 9.47 Å². The van der Waals surface area contributed by atoms with Crippen molar-refractivity contribution in [2.45, 2.75) is 11.7 Å². The first-order chi connectivity index (χ1) is 10.6. The highest BCUT2D eigenvalue weighted by molar-refractivity contribution is 6.02. The highest BCUT2D eigenvalue weighted by Gasteiger charge is 2.67. The van der Waals surface area contributed by atoms with Crippen molar-refractivity contribution in [3.63, 3.8) is 0 Å². The summed E-state index contributed by atoms with van der Waals surface area (Å²) >= 11 is 0. The lowest BCUT2D eigenvalue weighted by atomic mass is 9.77. The number of carboxylic acid groups (broad SMARTS) is 1. The molecule has 2 unspecified atom stereocenters. The summed E-state index contributed by atoms with van der Waals surface area (Å²) in [4.78, 5) is 25.9. The maximum atomic E-state index is 12.8. The summed E-state index contributed by atoms with van der Waals surface area (Å²) in [5.41, 5.74) is -0.0794. The highest BCUT2D eigenvalue weighted by atomic mass is 16.5. The Labute approximate surface area is 126 Å². The molecule has 0 aliphatic carbocycles. The van der Waals surface area contributed by atoms with Crippen molar-refractivity contribution in [3.8, 4) is 5.75 Å². The zero-order valence-electron chi connectivity index (χ0n) is 11.9. The molecule has 3 aliphatic rings. The predicted molar refractivity (Wildman–Crippen MR) is 76.7 cm³/mol. The molecule has 3 aliphatic heterocycles. The first kappa shape index (κ1) is 13.3. The average molecular weight is 301 g/mol. The minimum absolute atomic E-state index is 0.190. The van der Waals surface area contributed by atoms with Gasteiger partial charge in [-0.25, -0.2) is 0 Å². The molecule has 6 nitrogen and oxygen atoms in total. The topological polar surface area (TPSA) is 76.1 Å². The van der Waals surface area contributed by atoms with Crippen LogP contribution in [0, 0.1) is 11.8 Å². The molecular formula is C16H15NO5. The Kier molecular flexibility index (Phi) is 2.62. The highest BCUT2D eigenvalue weighted by Crippen LogP contribution is 2.52. The fourth-order valence-electron chi connectivity index (χ4n) is 3.76. The van der Waals surface area contributed by atoms with Gasteiger partial charge in [-0.3, -0.25) is 9.59 Å². The molecule has 0 aromatic heterocycles. The fraction of sp³-hybridized carbons (Fsp3) is 0.375. The minimum Gasteiger partial charge on any atom is -0.497 e. The van der Waals surface area contributed by atoms with Crippen LogP contribution in [0.15, 0.2) is 36.4 Å². The van der Waals surface area contributed by atoms with E-state index in [0.717, 1.165) is 5.69 Å². The Morgan fingerprint density at radius 1 is 1.41 bits per heavy atom. The van der Waals surface area contributed by atoms with E-state index in [-0.39, 0.29) is 5.91 Å². The van der Waals surface area contributed by atoms with Crippen LogP contribution in [0.2, 0.25) is 0 Å². The maximum absolute atomic E-state index is 12.8. The van der Waals surface area contributed by atoms with Crippen molar-refractivity contribution in [2.75, 3.05) is 18.6 Å². The molecule has 114 valence electrons. The molecular weight excluding hydrogens is 286 g/mol. The van der Waals surface area contributed by atoms with E-state index in [2.05, 4.69) is 0 Å². The monoisotopic (exact) mass is 301 g/mol. The van der Waals surface area contributed by atoms with E-state index >= 15 is 0 Å². The van der Waals surface area contributed by atoms with Gasteiger partial charge in [0.2, 0.25) is 5.91 Å². The van der Waals surface area contributed by atoms with Gasteiger partial charge in [-0.15, -0.1) is 0 Å². The number of carboxylic acids is 1. The van der Waals surface area contributed by atoms with Crippen molar-refractivity contribution < 1.29 is 24.2 Å². The number of nitrogens with zero attached hydrogens (tertiary/aromatic N) is 1. The normalized spacial score (nSPS) is 35.0. The van der Waals surface area contributed by atoms with E-state index in [1.165, 1.54) is 0 Å². The van der Waals surface area contributed by atoms with Crippen molar-refractivity contribution in [2.24, 2.45) is 11.8 Å². The summed E-state index contributed by atoms with van der Waals surface area (Å²) < 4.78 is 11.0. The van der Waals surface area contributed by atoms with Crippen molar-refractivity contribution in [1.29, 1.82) is 0 Å². The SMILES string of the molecule is COc1ccc(N2C[C@]34C=C[C@H](O3)C(C(=O)O)C4C2=O)cc1. The standard InChI is InChI=1S/C16H15NO5/c1-21-10-4-2-9(3-5-10)17-8-16-7-6-11(22-16)12(15(19)20)13(16)14(17)18/h2-7,11-13H,8H2,1H3,(H,19,20)/t11-,12?,13?,16-/m0/s1. The predicted octanol–water partition coefficient (Wildman–Crippen LogP) is 1.07. The molecule has 1 aromatic rings. The lowest BCUT2D eigenvalue weighted by Gasteiger charge is -2.21. The Hall–Kier alpha value is -2.34. The van der Waals surface area contributed by atoms with Gasteiger partial charge in [0.25, 0.3) is 0 Å². The lowest BCUT2D eigenvalue weighted by molar-refractivity contribution is -0.146. The second kappa shape index (κ2) is 4.33. The summed E-state index contributed by atoms with van der Waals surface area (Å²) in [5, 5.41) is 9.42. The molecule has 1 spiro atoms. The number of rotatable bonds is 3. The van der Waals surface area contributed by atoms with Crippen LogP contribution in [-0.2, 0) is 14.3 Å². The second-order valence-corrected chi connectivity index (χ2v) is 5.86. The summed E-state index contributed by atoms with van der Waals surface area (Å²) in [6.45, 7) is 0.347. The minimum atomic E-state index is -0.980. The van der Waals surface area contributed by atoms with Crippen LogP contribution in [0.5, 0.6) is 5.75 Å². The van der Waals surface area contributed by atoms with Crippen LogP contribution in [0.4, 0.5) is 5.69 Å². The van der Waals surface area contributed by atoms with Crippen LogP contribution in [0.25, 0.3) is 0 Å². The summed E-state index contributed by atoms with van der Waals surface area (Å²) in [5.74, 6) is -1.92. The molecule has 6 heteroatoms. The number of carbonyl (C=O) groups is 2. The number of methoxy groups -OCH3 is 1. The summed E-state index contributed by atoms with van der Waals surface area (Å²) in [7, 11) is 1.58.